The van der Waals surface area contributed by atoms with E-state index in [1.807, 2.05) is 6.07 Å². The molecule has 2 aromatic rings. The minimum absolute atomic E-state index is 0.0507. The van der Waals surface area contributed by atoms with Gasteiger partial charge in [-0.2, -0.15) is 10.1 Å². The minimum Gasteiger partial charge on any atom is -0.340 e. The summed E-state index contributed by atoms with van der Waals surface area (Å²) in [5, 5.41) is 8.55. The van der Waals surface area contributed by atoms with Crippen LogP contribution in [0.25, 0.3) is 0 Å². The van der Waals surface area contributed by atoms with Gasteiger partial charge >= 0.3 is 0 Å². The van der Waals surface area contributed by atoms with Crippen molar-refractivity contribution in [1.82, 2.24) is 24.8 Å². The Bertz CT molecular complexity index is 759. The smallest absolute Gasteiger partial charge is 0.266 e. The van der Waals surface area contributed by atoms with Crippen LogP contribution < -0.4 is 5.56 Å². The highest BCUT2D eigenvalue weighted by Crippen LogP contribution is 2.21. The van der Waals surface area contributed by atoms with Crippen LogP contribution in [0.5, 0.6) is 0 Å². The highest BCUT2D eigenvalue weighted by atomic mass is 16.5. The van der Waals surface area contributed by atoms with Crippen molar-refractivity contribution in [2.75, 3.05) is 6.54 Å². The highest BCUT2D eigenvalue weighted by molar-refractivity contribution is 5.10. The van der Waals surface area contributed by atoms with Crippen LogP contribution in [-0.4, -0.2) is 37.4 Å². The molecule has 1 saturated heterocycles. The number of likely N-dealkylation sites (tertiary alicyclic amines) is 1. The summed E-state index contributed by atoms with van der Waals surface area (Å²) >= 11 is 0. The number of aromatic nitrogens is 4. The molecule has 7 nitrogen and oxygen atoms in total. The SMILES string of the molecule is Cc1nc(CN2CCCC2Cn2nc(C(C)(C)C)ccc2=O)no1. The topological polar surface area (TPSA) is 77.1 Å². The Kier molecular flexibility index (Phi) is 4.54. The molecular formula is C17H25N5O2. The van der Waals surface area contributed by atoms with Crippen molar-refractivity contribution in [1.29, 1.82) is 0 Å². The molecule has 0 N–H and O–H groups in total. The van der Waals surface area contributed by atoms with E-state index in [0.29, 0.717) is 24.8 Å². The van der Waals surface area contributed by atoms with E-state index in [2.05, 4.69) is 40.9 Å². The van der Waals surface area contributed by atoms with Gasteiger partial charge in [-0.15, -0.1) is 0 Å². The van der Waals surface area contributed by atoms with Crippen LogP contribution in [0.2, 0.25) is 0 Å². The van der Waals surface area contributed by atoms with Gasteiger partial charge in [0.2, 0.25) is 5.89 Å². The van der Waals surface area contributed by atoms with Crippen LogP contribution in [0.1, 0.15) is 51.0 Å². The molecule has 1 aliphatic heterocycles. The van der Waals surface area contributed by atoms with Crippen molar-refractivity contribution < 1.29 is 4.52 Å². The normalized spacial score (nSPS) is 19.1. The zero-order valence-electron chi connectivity index (χ0n) is 14.8. The summed E-state index contributed by atoms with van der Waals surface area (Å²) in [6.07, 6.45) is 2.15. The van der Waals surface area contributed by atoms with E-state index in [1.165, 1.54) is 0 Å². The maximum Gasteiger partial charge on any atom is 0.266 e. The summed E-state index contributed by atoms with van der Waals surface area (Å²) in [5.74, 6) is 1.28. The van der Waals surface area contributed by atoms with E-state index in [4.69, 9.17) is 4.52 Å². The molecule has 0 amide bonds. The monoisotopic (exact) mass is 331 g/mol. The van der Waals surface area contributed by atoms with Gasteiger partial charge in [-0.1, -0.05) is 25.9 Å². The molecule has 1 unspecified atom stereocenters. The molecule has 0 aromatic carbocycles. The van der Waals surface area contributed by atoms with Gasteiger partial charge in [-0.25, -0.2) is 4.68 Å². The molecule has 0 bridgehead atoms. The van der Waals surface area contributed by atoms with Crippen LogP contribution in [0.3, 0.4) is 0 Å². The summed E-state index contributed by atoms with van der Waals surface area (Å²) in [6.45, 7) is 10.3. The van der Waals surface area contributed by atoms with E-state index in [1.54, 1.807) is 17.7 Å². The third-order valence-corrected chi connectivity index (χ3v) is 4.43. The Morgan fingerprint density at radius 3 is 2.79 bits per heavy atom. The fraction of sp³-hybridized carbons (Fsp3) is 0.647. The number of rotatable bonds is 4. The fourth-order valence-corrected chi connectivity index (χ4v) is 3.08. The molecular weight excluding hydrogens is 306 g/mol. The first kappa shape index (κ1) is 16.8. The Morgan fingerprint density at radius 1 is 1.33 bits per heavy atom. The van der Waals surface area contributed by atoms with Crippen molar-refractivity contribution >= 4 is 0 Å². The summed E-state index contributed by atoms with van der Waals surface area (Å²) < 4.78 is 6.65. The van der Waals surface area contributed by atoms with E-state index < -0.39 is 0 Å². The van der Waals surface area contributed by atoms with E-state index in [0.717, 1.165) is 25.1 Å². The zero-order valence-corrected chi connectivity index (χ0v) is 14.8. The lowest BCUT2D eigenvalue weighted by Crippen LogP contribution is -2.37. The third-order valence-electron chi connectivity index (χ3n) is 4.43. The predicted octanol–water partition coefficient (Wildman–Crippen LogP) is 1.90. The van der Waals surface area contributed by atoms with E-state index in [-0.39, 0.29) is 17.0 Å². The number of aryl methyl sites for hydroxylation is 1. The second-order valence-electron chi connectivity index (χ2n) is 7.49. The standard InChI is InChI=1S/C17H25N5O2/c1-12-18-15(20-24-12)11-21-9-5-6-13(21)10-22-16(23)8-7-14(19-22)17(2,3)4/h7-8,13H,5-6,9-11H2,1-4H3. The molecule has 1 atom stereocenters. The van der Waals surface area contributed by atoms with Crippen molar-refractivity contribution in [3.8, 4) is 0 Å². The minimum atomic E-state index is -0.0764. The van der Waals surface area contributed by atoms with Gasteiger partial charge in [0, 0.05) is 24.4 Å². The lowest BCUT2D eigenvalue weighted by molar-refractivity contribution is 0.208. The second kappa shape index (κ2) is 6.47. The molecule has 24 heavy (non-hydrogen) atoms. The van der Waals surface area contributed by atoms with Gasteiger partial charge < -0.3 is 4.52 Å². The quantitative estimate of drug-likeness (QED) is 0.851. The number of hydrogen-bond donors (Lipinski definition) is 0. The molecule has 130 valence electrons. The van der Waals surface area contributed by atoms with E-state index in [9.17, 15) is 4.79 Å². The van der Waals surface area contributed by atoms with Crippen LogP contribution in [-0.2, 0) is 18.5 Å². The molecule has 3 rings (SSSR count). The van der Waals surface area contributed by atoms with Crippen molar-refractivity contribution in [2.24, 2.45) is 0 Å². The molecule has 1 aliphatic rings. The lowest BCUT2D eigenvalue weighted by atomic mass is 9.92. The van der Waals surface area contributed by atoms with Gasteiger partial charge in [-0.3, -0.25) is 9.69 Å². The third kappa shape index (κ3) is 3.72. The summed E-state index contributed by atoms with van der Waals surface area (Å²) in [4.78, 5) is 18.8. The van der Waals surface area contributed by atoms with Gasteiger partial charge in [0.25, 0.3) is 5.56 Å². The molecule has 7 heteroatoms. The van der Waals surface area contributed by atoms with Crippen LogP contribution in [0.4, 0.5) is 0 Å². The van der Waals surface area contributed by atoms with Crippen LogP contribution in [0.15, 0.2) is 21.5 Å². The summed E-state index contributed by atoms with van der Waals surface area (Å²) in [5.41, 5.74) is 0.804. The maximum absolute atomic E-state index is 12.2. The Labute approximate surface area is 141 Å². The summed E-state index contributed by atoms with van der Waals surface area (Å²) in [6, 6.07) is 3.71. The predicted molar refractivity (Wildman–Crippen MR) is 89.7 cm³/mol. The first-order chi connectivity index (χ1) is 11.3. The Morgan fingerprint density at radius 2 is 2.12 bits per heavy atom. The number of nitrogens with zero attached hydrogens (tertiary/aromatic N) is 5. The molecule has 0 radical (unpaired) electrons. The molecule has 0 saturated carbocycles. The van der Waals surface area contributed by atoms with Gasteiger partial charge in [0.1, 0.15) is 0 Å². The summed E-state index contributed by atoms with van der Waals surface area (Å²) in [7, 11) is 0. The van der Waals surface area contributed by atoms with Crippen LogP contribution in [0, 0.1) is 6.92 Å². The average Bonchev–Trinajstić information content (AvgIpc) is 3.10. The molecule has 2 aromatic heterocycles. The highest BCUT2D eigenvalue weighted by Gasteiger charge is 2.27. The maximum atomic E-state index is 12.2. The molecule has 1 fully saturated rings. The molecule has 3 heterocycles. The Balaban J connectivity index is 1.76. The zero-order chi connectivity index (χ0) is 17.3. The van der Waals surface area contributed by atoms with Gasteiger partial charge in [-0.05, 0) is 25.5 Å². The average molecular weight is 331 g/mol. The fourth-order valence-electron chi connectivity index (χ4n) is 3.08. The molecule has 0 spiro atoms. The van der Waals surface area contributed by atoms with Gasteiger partial charge in [0.15, 0.2) is 5.82 Å². The number of hydrogen-bond acceptors (Lipinski definition) is 6. The lowest BCUT2D eigenvalue weighted by Gasteiger charge is -2.24. The molecule has 0 aliphatic carbocycles. The van der Waals surface area contributed by atoms with E-state index >= 15 is 0 Å². The second-order valence-corrected chi connectivity index (χ2v) is 7.49. The first-order valence-electron chi connectivity index (χ1n) is 8.45. The first-order valence-corrected chi connectivity index (χ1v) is 8.45. The van der Waals surface area contributed by atoms with Crippen molar-refractivity contribution in [3.63, 3.8) is 0 Å². The van der Waals surface area contributed by atoms with Crippen molar-refractivity contribution in [3.05, 3.63) is 39.9 Å². The van der Waals surface area contributed by atoms with Crippen molar-refractivity contribution in [2.45, 2.75) is 65.1 Å². The van der Waals surface area contributed by atoms with Crippen LogP contribution >= 0.6 is 0 Å². The largest absolute Gasteiger partial charge is 0.340 e. The Hall–Kier alpha value is -2.02. The van der Waals surface area contributed by atoms with Gasteiger partial charge in [0.05, 0.1) is 18.8 Å².